The quantitative estimate of drug-likeness (QED) is 0.797. The van der Waals surface area contributed by atoms with Crippen LogP contribution in [0.2, 0.25) is 0 Å². The highest BCUT2D eigenvalue weighted by Gasteiger charge is 2.42. The molecule has 7 heteroatoms. The molecule has 0 aliphatic carbocycles. The van der Waals surface area contributed by atoms with Gasteiger partial charge >= 0.3 is 6.03 Å². The van der Waals surface area contributed by atoms with Gasteiger partial charge in [-0.05, 0) is 20.3 Å². The highest BCUT2D eigenvalue weighted by atomic mass is 16.2. The number of H-pyrrole nitrogens is 1. The van der Waals surface area contributed by atoms with E-state index in [4.69, 9.17) is 0 Å². The highest BCUT2D eigenvalue weighted by Crippen LogP contribution is 2.27. The van der Waals surface area contributed by atoms with Gasteiger partial charge in [-0.25, -0.2) is 9.69 Å². The minimum Gasteiger partial charge on any atom is -0.280 e. The van der Waals surface area contributed by atoms with Crippen LogP contribution in [0.15, 0.2) is 0 Å². The number of rotatable bonds is 3. The van der Waals surface area contributed by atoms with Crippen molar-refractivity contribution in [3.8, 4) is 0 Å². The Bertz CT molecular complexity index is 530. The summed E-state index contributed by atoms with van der Waals surface area (Å²) in [5, 5.41) is 8.91. The van der Waals surface area contributed by atoms with E-state index >= 15 is 0 Å². The van der Waals surface area contributed by atoms with Gasteiger partial charge in [0.25, 0.3) is 0 Å². The number of hydrogen-bond acceptors (Lipinski definition) is 4. The Morgan fingerprint density at radius 1 is 1.26 bits per heavy atom. The summed E-state index contributed by atoms with van der Waals surface area (Å²) in [5.74, 6) is -1.81. The third kappa shape index (κ3) is 2.11. The van der Waals surface area contributed by atoms with E-state index in [-0.39, 0.29) is 0 Å². The van der Waals surface area contributed by atoms with Crippen molar-refractivity contribution in [2.24, 2.45) is 5.92 Å². The first-order chi connectivity index (χ1) is 8.97. The maximum atomic E-state index is 12.3. The van der Waals surface area contributed by atoms with Crippen LogP contribution in [0.1, 0.15) is 31.2 Å². The number of carbonyl (C=O) groups excluding carboxylic acids is 3. The number of aryl methyl sites for hydroxylation is 2. The number of barbiturate groups is 1. The first-order valence-corrected chi connectivity index (χ1v) is 6.17. The van der Waals surface area contributed by atoms with Crippen LogP contribution in [0.5, 0.6) is 0 Å². The van der Waals surface area contributed by atoms with Crippen LogP contribution in [0.25, 0.3) is 0 Å². The molecule has 0 radical (unpaired) electrons. The molecular weight excluding hydrogens is 248 g/mol. The molecule has 1 unspecified atom stereocenters. The lowest BCUT2D eigenvalue weighted by Gasteiger charge is -2.30. The van der Waals surface area contributed by atoms with Crippen molar-refractivity contribution in [2.45, 2.75) is 33.6 Å². The molecular formula is C12H16N4O3. The zero-order valence-corrected chi connectivity index (χ0v) is 11.1. The molecule has 0 bridgehead atoms. The van der Waals surface area contributed by atoms with Crippen molar-refractivity contribution in [2.75, 3.05) is 4.90 Å². The van der Waals surface area contributed by atoms with Gasteiger partial charge in [-0.1, -0.05) is 13.3 Å². The number of aromatic nitrogens is 2. The second-order valence-corrected chi connectivity index (χ2v) is 4.59. The minimum absolute atomic E-state index is 0.421. The molecule has 19 heavy (non-hydrogen) atoms. The first kappa shape index (κ1) is 13.3. The molecule has 4 amide bonds. The Kier molecular flexibility index (Phi) is 3.37. The molecule has 0 saturated carbocycles. The summed E-state index contributed by atoms with van der Waals surface area (Å²) in [4.78, 5) is 36.9. The average molecular weight is 264 g/mol. The number of hydrogen-bond donors (Lipinski definition) is 2. The average Bonchev–Trinajstić information content (AvgIpc) is 2.66. The normalized spacial score (nSPS) is 19.8. The second kappa shape index (κ2) is 4.83. The summed E-state index contributed by atoms with van der Waals surface area (Å²) in [6.07, 6.45) is 1.11. The molecule has 1 fully saturated rings. The van der Waals surface area contributed by atoms with Crippen molar-refractivity contribution < 1.29 is 14.4 Å². The topological polar surface area (TPSA) is 95.2 Å². The summed E-state index contributed by atoms with van der Waals surface area (Å²) in [7, 11) is 0. The molecule has 1 aliphatic rings. The van der Waals surface area contributed by atoms with E-state index in [0.717, 1.165) is 4.90 Å². The molecule has 102 valence electrons. The standard InChI is InChI=1S/C12H16N4O3/c1-4-5-8-10(17)13-12(19)16(11(8)18)9-6(2)14-15-7(9)3/h8H,4-5H2,1-3H3,(H,14,15)(H,13,17,19). The van der Waals surface area contributed by atoms with Crippen LogP contribution in [0.4, 0.5) is 10.5 Å². The fraction of sp³-hybridized carbons (Fsp3) is 0.500. The Labute approximate surface area is 110 Å². The molecule has 7 nitrogen and oxygen atoms in total. The predicted molar refractivity (Wildman–Crippen MR) is 67.5 cm³/mol. The maximum Gasteiger partial charge on any atom is 0.335 e. The zero-order chi connectivity index (χ0) is 14.2. The molecule has 1 aromatic rings. The molecule has 1 atom stereocenters. The van der Waals surface area contributed by atoms with Gasteiger partial charge in [-0.15, -0.1) is 0 Å². The van der Waals surface area contributed by atoms with Crippen molar-refractivity contribution >= 4 is 23.5 Å². The number of nitrogens with one attached hydrogen (secondary N) is 2. The number of nitrogens with zero attached hydrogens (tertiary/aromatic N) is 2. The van der Waals surface area contributed by atoms with E-state index in [2.05, 4.69) is 15.5 Å². The molecule has 1 saturated heterocycles. The van der Waals surface area contributed by atoms with Crippen LogP contribution in [-0.2, 0) is 9.59 Å². The van der Waals surface area contributed by atoms with Gasteiger partial charge in [0.05, 0.1) is 17.1 Å². The van der Waals surface area contributed by atoms with Gasteiger partial charge in [0.15, 0.2) is 0 Å². The molecule has 2 heterocycles. The van der Waals surface area contributed by atoms with Crippen LogP contribution in [0.3, 0.4) is 0 Å². The van der Waals surface area contributed by atoms with Crippen LogP contribution >= 0.6 is 0 Å². The highest BCUT2D eigenvalue weighted by molar-refractivity contribution is 6.28. The molecule has 1 aromatic heterocycles. The fourth-order valence-corrected chi connectivity index (χ4v) is 2.25. The Morgan fingerprint density at radius 2 is 1.95 bits per heavy atom. The van der Waals surface area contributed by atoms with Gasteiger partial charge < -0.3 is 0 Å². The Hall–Kier alpha value is -2.18. The van der Waals surface area contributed by atoms with E-state index in [1.54, 1.807) is 13.8 Å². The summed E-state index contributed by atoms with van der Waals surface area (Å²) >= 11 is 0. The van der Waals surface area contributed by atoms with Crippen molar-refractivity contribution in [1.82, 2.24) is 15.5 Å². The number of imide groups is 2. The largest absolute Gasteiger partial charge is 0.335 e. The lowest BCUT2D eigenvalue weighted by Crippen LogP contribution is -2.58. The van der Waals surface area contributed by atoms with Crippen LogP contribution in [-0.4, -0.2) is 28.0 Å². The van der Waals surface area contributed by atoms with E-state index in [0.29, 0.717) is 29.9 Å². The van der Waals surface area contributed by atoms with Gasteiger partial charge in [-0.3, -0.25) is 20.0 Å². The first-order valence-electron chi connectivity index (χ1n) is 6.17. The van der Waals surface area contributed by atoms with Crippen LogP contribution in [0, 0.1) is 19.8 Å². The second-order valence-electron chi connectivity index (χ2n) is 4.59. The minimum atomic E-state index is -0.809. The van der Waals surface area contributed by atoms with Gasteiger partial charge in [0.2, 0.25) is 11.8 Å². The SMILES string of the molecule is CCCC1C(=O)NC(=O)N(c2c(C)n[nH]c2C)C1=O. The van der Waals surface area contributed by atoms with Crippen molar-refractivity contribution in [3.05, 3.63) is 11.4 Å². The summed E-state index contributed by atoms with van der Waals surface area (Å²) < 4.78 is 0. The molecule has 2 rings (SSSR count). The summed E-state index contributed by atoms with van der Waals surface area (Å²) in [5.41, 5.74) is 1.59. The smallest absolute Gasteiger partial charge is 0.280 e. The third-order valence-corrected chi connectivity index (χ3v) is 3.16. The molecule has 2 N–H and O–H groups in total. The van der Waals surface area contributed by atoms with Crippen LogP contribution < -0.4 is 10.2 Å². The number of carbonyl (C=O) groups is 3. The lowest BCUT2D eigenvalue weighted by molar-refractivity contribution is -0.134. The van der Waals surface area contributed by atoms with Crippen molar-refractivity contribution in [1.29, 1.82) is 0 Å². The summed E-state index contributed by atoms with van der Waals surface area (Å²) in [6, 6.07) is -0.713. The third-order valence-electron chi connectivity index (χ3n) is 3.16. The fourth-order valence-electron chi connectivity index (χ4n) is 2.25. The van der Waals surface area contributed by atoms with E-state index in [1.165, 1.54) is 0 Å². The molecule has 0 aromatic carbocycles. The Balaban J connectivity index is 2.42. The number of aromatic amines is 1. The van der Waals surface area contributed by atoms with E-state index in [9.17, 15) is 14.4 Å². The van der Waals surface area contributed by atoms with E-state index in [1.807, 2.05) is 6.92 Å². The zero-order valence-electron chi connectivity index (χ0n) is 11.1. The summed E-state index contributed by atoms with van der Waals surface area (Å²) in [6.45, 7) is 5.31. The molecule has 1 aliphatic heterocycles. The monoisotopic (exact) mass is 264 g/mol. The maximum absolute atomic E-state index is 12.3. The van der Waals surface area contributed by atoms with Gasteiger partial charge in [-0.2, -0.15) is 5.10 Å². The Morgan fingerprint density at radius 3 is 2.47 bits per heavy atom. The van der Waals surface area contributed by atoms with Crippen molar-refractivity contribution in [3.63, 3.8) is 0 Å². The van der Waals surface area contributed by atoms with Gasteiger partial charge in [0.1, 0.15) is 5.92 Å². The number of amides is 4. The number of anilines is 1. The predicted octanol–water partition coefficient (Wildman–Crippen LogP) is 1.03. The number of urea groups is 1. The van der Waals surface area contributed by atoms with Gasteiger partial charge in [0, 0.05) is 0 Å². The van der Waals surface area contributed by atoms with E-state index < -0.39 is 23.8 Å². The lowest BCUT2D eigenvalue weighted by atomic mass is 9.98. The molecule has 0 spiro atoms.